The fourth-order valence-corrected chi connectivity index (χ4v) is 3.21. The number of aromatic amines is 1. The van der Waals surface area contributed by atoms with Gasteiger partial charge in [0.15, 0.2) is 0 Å². The minimum Gasteiger partial charge on any atom is -0.360 e. The van der Waals surface area contributed by atoms with E-state index < -0.39 is 0 Å². The summed E-state index contributed by atoms with van der Waals surface area (Å²) in [5.41, 5.74) is 3.52. The molecule has 0 atom stereocenters. The summed E-state index contributed by atoms with van der Waals surface area (Å²) >= 11 is 18.5. The smallest absolute Gasteiger partial charge is 0.0746 e. The van der Waals surface area contributed by atoms with Crippen molar-refractivity contribution in [2.75, 3.05) is 0 Å². The summed E-state index contributed by atoms with van der Waals surface area (Å²) in [7, 11) is 0. The SMILES string of the molecule is Clc1ccc2c(Cl)cc(-c3c[nH]c4cc(Cl)ccc34)nc2c1. The summed E-state index contributed by atoms with van der Waals surface area (Å²) in [6, 6.07) is 13.1. The van der Waals surface area contributed by atoms with Crippen LogP contribution in [0, 0.1) is 0 Å². The van der Waals surface area contributed by atoms with Crippen LogP contribution in [0.4, 0.5) is 0 Å². The highest BCUT2D eigenvalue weighted by molar-refractivity contribution is 6.36. The number of hydrogen-bond acceptors (Lipinski definition) is 1. The van der Waals surface area contributed by atoms with Crippen molar-refractivity contribution in [3.63, 3.8) is 0 Å². The lowest BCUT2D eigenvalue weighted by atomic mass is 10.1. The number of fused-ring (bicyclic) bond motifs is 2. The van der Waals surface area contributed by atoms with Crippen molar-refractivity contribution in [1.29, 1.82) is 0 Å². The number of nitrogens with zero attached hydrogens (tertiary/aromatic N) is 1. The van der Waals surface area contributed by atoms with E-state index in [1.807, 2.05) is 48.7 Å². The summed E-state index contributed by atoms with van der Waals surface area (Å²) in [6.07, 6.45) is 1.91. The summed E-state index contributed by atoms with van der Waals surface area (Å²) in [5, 5.41) is 3.92. The number of pyridine rings is 1. The predicted octanol–water partition coefficient (Wildman–Crippen LogP) is 6.34. The van der Waals surface area contributed by atoms with Crippen LogP contribution in [0.25, 0.3) is 33.1 Å². The van der Waals surface area contributed by atoms with Gasteiger partial charge in [0.1, 0.15) is 0 Å². The first-order valence-electron chi connectivity index (χ1n) is 6.64. The van der Waals surface area contributed by atoms with E-state index in [4.69, 9.17) is 39.8 Å². The Morgan fingerprint density at radius 1 is 0.818 bits per heavy atom. The molecule has 2 aromatic carbocycles. The molecular weight excluding hydrogens is 339 g/mol. The van der Waals surface area contributed by atoms with Crippen LogP contribution in [0.15, 0.2) is 48.7 Å². The van der Waals surface area contributed by atoms with Gasteiger partial charge in [-0.2, -0.15) is 0 Å². The van der Waals surface area contributed by atoms with E-state index in [2.05, 4.69) is 4.98 Å². The fourth-order valence-electron chi connectivity index (χ4n) is 2.61. The van der Waals surface area contributed by atoms with E-state index >= 15 is 0 Å². The molecule has 2 aromatic heterocycles. The molecule has 4 aromatic rings. The summed E-state index contributed by atoms with van der Waals surface area (Å²) in [4.78, 5) is 7.90. The maximum absolute atomic E-state index is 6.39. The van der Waals surface area contributed by atoms with Gasteiger partial charge in [0.2, 0.25) is 0 Å². The van der Waals surface area contributed by atoms with Crippen LogP contribution >= 0.6 is 34.8 Å². The second-order valence-electron chi connectivity index (χ2n) is 5.04. The Bertz CT molecular complexity index is 1020. The zero-order chi connectivity index (χ0) is 15.3. The van der Waals surface area contributed by atoms with E-state index in [9.17, 15) is 0 Å². The molecule has 2 nitrogen and oxygen atoms in total. The first-order chi connectivity index (χ1) is 10.6. The van der Waals surface area contributed by atoms with Crippen LogP contribution < -0.4 is 0 Å². The first kappa shape index (κ1) is 13.9. The standard InChI is InChI=1S/C17H9Cl3N2/c18-9-1-3-11-13(8-21-15(11)5-9)17-7-14(20)12-4-2-10(19)6-16(12)22-17/h1-8,21H. The Labute approximate surface area is 141 Å². The number of aromatic nitrogens is 2. The van der Waals surface area contributed by atoms with Gasteiger partial charge in [-0.15, -0.1) is 0 Å². The van der Waals surface area contributed by atoms with Crippen molar-refractivity contribution in [2.45, 2.75) is 0 Å². The van der Waals surface area contributed by atoms with Crippen molar-refractivity contribution in [3.8, 4) is 11.3 Å². The zero-order valence-corrected chi connectivity index (χ0v) is 13.5. The largest absolute Gasteiger partial charge is 0.360 e. The molecule has 0 aliphatic heterocycles. The molecule has 0 radical (unpaired) electrons. The molecule has 0 aliphatic carbocycles. The number of rotatable bonds is 1. The molecule has 0 bridgehead atoms. The molecule has 0 amide bonds. The van der Waals surface area contributed by atoms with Crippen molar-refractivity contribution in [3.05, 3.63) is 63.7 Å². The molecule has 1 N–H and O–H groups in total. The Morgan fingerprint density at radius 3 is 2.36 bits per heavy atom. The van der Waals surface area contributed by atoms with Gasteiger partial charge in [-0.25, -0.2) is 4.98 Å². The van der Waals surface area contributed by atoms with E-state index in [0.29, 0.717) is 15.1 Å². The molecular formula is C17H9Cl3N2. The van der Waals surface area contributed by atoms with Gasteiger partial charge in [-0.05, 0) is 36.4 Å². The quantitative estimate of drug-likeness (QED) is 0.427. The number of H-pyrrole nitrogens is 1. The molecule has 0 fully saturated rings. The van der Waals surface area contributed by atoms with Crippen molar-refractivity contribution >= 4 is 56.6 Å². The van der Waals surface area contributed by atoms with Gasteiger partial charge in [-0.1, -0.05) is 40.9 Å². The number of nitrogens with one attached hydrogen (secondary N) is 1. The minimum atomic E-state index is 0.638. The molecule has 22 heavy (non-hydrogen) atoms. The van der Waals surface area contributed by atoms with Crippen LogP contribution in [0.5, 0.6) is 0 Å². The van der Waals surface area contributed by atoms with Crippen molar-refractivity contribution in [2.24, 2.45) is 0 Å². The van der Waals surface area contributed by atoms with Gasteiger partial charge in [0, 0.05) is 38.1 Å². The molecule has 108 valence electrons. The molecule has 0 unspecified atom stereocenters. The molecule has 0 spiro atoms. The second-order valence-corrected chi connectivity index (χ2v) is 6.32. The molecule has 0 aliphatic rings. The van der Waals surface area contributed by atoms with Gasteiger partial charge in [-0.3, -0.25) is 0 Å². The number of halogens is 3. The van der Waals surface area contributed by atoms with Gasteiger partial charge < -0.3 is 4.98 Å². The number of benzene rings is 2. The monoisotopic (exact) mass is 346 g/mol. The van der Waals surface area contributed by atoms with Crippen LogP contribution in [0.3, 0.4) is 0 Å². The van der Waals surface area contributed by atoms with E-state index in [-0.39, 0.29) is 0 Å². The molecule has 4 rings (SSSR count). The van der Waals surface area contributed by atoms with Crippen LogP contribution in [-0.4, -0.2) is 9.97 Å². The molecule has 0 saturated heterocycles. The van der Waals surface area contributed by atoms with Crippen LogP contribution in [0.1, 0.15) is 0 Å². The Balaban J connectivity index is 1.99. The van der Waals surface area contributed by atoms with E-state index in [0.717, 1.165) is 33.1 Å². The van der Waals surface area contributed by atoms with Crippen molar-refractivity contribution in [1.82, 2.24) is 9.97 Å². The van der Waals surface area contributed by atoms with Crippen molar-refractivity contribution < 1.29 is 0 Å². The third kappa shape index (κ3) is 2.24. The highest BCUT2D eigenvalue weighted by atomic mass is 35.5. The first-order valence-corrected chi connectivity index (χ1v) is 7.78. The van der Waals surface area contributed by atoms with E-state index in [1.54, 1.807) is 0 Å². The maximum Gasteiger partial charge on any atom is 0.0746 e. The maximum atomic E-state index is 6.39. The summed E-state index contributed by atoms with van der Waals surface area (Å²) in [6.45, 7) is 0. The Hall–Kier alpha value is -1.74. The number of hydrogen-bond donors (Lipinski definition) is 1. The second kappa shape index (κ2) is 5.17. The predicted molar refractivity (Wildman–Crippen MR) is 94.1 cm³/mol. The van der Waals surface area contributed by atoms with Crippen LogP contribution in [-0.2, 0) is 0 Å². The lowest BCUT2D eigenvalue weighted by Gasteiger charge is -2.05. The lowest BCUT2D eigenvalue weighted by Crippen LogP contribution is -1.86. The summed E-state index contributed by atoms with van der Waals surface area (Å²) < 4.78 is 0. The average Bonchev–Trinajstić information content (AvgIpc) is 2.89. The van der Waals surface area contributed by atoms with Crippen LogP contribution in [0.2, 0.25) is 15.1 Å². The highest BCUT2D eigenvalue weighted by Gasteiger charge is 2.11. The fraction of sp³-hybridized carbons (Fsp3) is 0. The lowest BCUT2D eigenvalue weighted by molar-refractivity contribution is 1.40. The normalized spacial score (nSPS) is 11.4. The zero-order valence-electron chi connectivity index (χ0n) is 11.2. The Kier molecular flexibility index (Phi) is 3.26. The highest BCUT2D eigenvalue weighted by Crippen LogP contribution is 2.33. The molecule has 5 heteroatoms. The Morgan fingerprint density at radius 2 is 1.55 bits per heavy atom. The van der Waals surface area contributed by atoms with Gasteiger partial charge >= 0.3 is 0 Å². The molecule has 0 saturated carbocycles. The third-order valence-corrected chi connectivity index (χ3v) is 4.42. The molecule has 2 heterocycles. The average molecular weight is 348 g/mol. The van der Waals surface area contributed by atoms with Gasteiger partial charge in [0.05, 0.1) is 16.2 Å². The van der Waals surface area contributed by atoms with Gasteiger partial charge in [0.25, 0.3) is 0 Å². The summed E-state index contributed by atoms with van der Waals surface area (Å²) in [5.74, 6) is 0. The van der Waals surface area contributed by atoms with E-state index in [1.165, 1.54) is 0 Å². The minimum absolute atomic E-state index is 0.638. The third-order valence-electron chi connectivity index (χ3n) is 3.64. The topological polar surface area (TPSA) is 28.7 Å².